The zero-order valence-electron chi connectivity index (χ0n) is 8.27. The zero-order chi connectivity index (χ0) is 12.6. The van der Waals surface area contributed by atoms with E-state index in [2.05, 4.69) is 0 Å². The molecule has 0 bridgehead atoms. The minimum atomic E-state index is -0.755. The largest absolute Gasteiger partial charge is 0.618 e. The topological polar surface area (TPSA) is 113 Å². The molecular formula is C9H5N3O5. The summed E-state index contributed by atoms with van der Waals surface area (Å²) in [5.74, 6) is 0. The number of nitro groups is 2. The Bertz CT molecular complexity index is 620. The van der Waals surface area contributed by atoms with Gasteiger partial charge in [-0.2, -0.15) is 4.73 Å². The second kappa shape index (κ2) is 3.67. The lowest BCUT2D eigenvalue weighted by molar-refractivity contribution is -0.577. The summed E-state index contributed by atoms with van der Waals surface area (Å²) < 4.78 is 0.356. The molecule has 0 aliphatic carbocycles. The van der Waals surface area contributed by atoms with Crippen molar-refractivity contribution < 1.29 is 14.6 Å². The Morgan fingerprint density at radius 3 is 2.18 bits per heavy atom. The number of rotatable bonds is 2. The molecule has 8 nitrogen and oxygen atoms in total. The molecule has 1 heterocycles. The van der Waals surface area contributed by atoms with Crippen LogP contribution in [0.25, 0.3) is 10.9 Å². The number of hydrogen-bond acceptors (Lipinski definition) is 5. The van der Waals surface area contributed by atoms with Gasteiger partial charge in [0, 0.05) is 12.1 Å². The Morgan fingerprint density at radius 1 is 1.00 bits per heavy atom. The average molecular weight is 235 g/mol. The van der Waals surface area contributed by atoms with Gasteiger partial charge in [-0.1, -0.05) is 0 Å². The highest BCUT2D eigenvalue weighted by atomic mass is 16.6. The van der Waals surface area contributed by atoms with Crippen molar-refractivity contribution in [3.63, 3.8) is 0 Å². The standard InChI is InChI=1S/C9H5N3O5/c13-10-5-4-8(12(16)17)9-6(10)2-1-3-7(9)11(14)15/h1-5H. The third kappa shape index (κ3) is 1.61. The van der Waals surface area contributed by atoms with Crippen LogP contribution < -0.4 is 4.73 Å². The summed E-state index contributed by atoms with van der Waals surface area (Å²) in [7, 11) is 0. The predicted octanol–water partition coefficient (Wildman–Crippen LogP) is 1.29. The number of nitrogens with zero attached hydrogens (tertiary/aromatic N) is 3. The van der Waals surface area contributed by atoms with Crippen molar-refractivity contribution in [2.24, 2.45) is 0 Å². The summed E-state index contributed by atoms with van der Waals surface area (Å²) in [4.78, 5) is 20.0. The van der Waals surface area contributed by atoms with E-state index in [1.165, 1.54) is 12.1 Å². The van der Waals surface area contributed by atoms with E-state index in [1.54, 1.807) is 0 Å². The summed E-state index contributed by atoms with van der Waals surface area (Å²) in [5, 5.41) is 32.7. The smallest absolute Gasteiger partial charge is 0.296 e. The zero-order valence-corrected chi connectivity index (χ0v) is 8.27. The van der Waals surface area contributed by atoms with E-state index in [4.69, 9.17) is 0 Å². The summed E-state index contributed by atoms with van der Waals surface area (Å²) >= 11 is 0. The van der Waals surface area contributed by atoms with E-state index in [0.29, 0.717) is 4.73 Å². The van der Waals surface area contributed by atoms with Crippen LogP contribution in [0.15, 0.2) is 30.5 Å². The third-order valence-corrected chi connectivity index (χ3v) is 2.28. The maximum absolute atomic E-state index is 11.4. The second-order valence-electron chi connectivity index (χ2n) is 3.21. The maximum Gasteiger partial charge on any atom is 0.296 e. The fourth-order valence-corrected chi connectivity index (χ4v) is 1.58. The van der Waals surface area contributed by atoms with Crippen molar-refractivity contribution in [2.75, 3.05) is 0 Å². The van der Waals surface area contributed by atoms with Crippen molar-refractivity contribution in [1.29, 1.82) is 0 Å². The quantitative estimate of drug-likeness (QED) is 0.336. The number of benzene rings is 1. The second-order valence-corrected chi connectivity index (χ2v) is 3.21. The van der Waals surface area contributed by atoms with E-state index in [0.717, 1.165) is 18.3 Å². The first kappa shape index (κ1) is 10.7. The van der Waals surface area contributed by atoms with Gasteiger partial charge in [0.15, 0.2) is 6.20 Å². The van der Waals surface area contributed by atoms with Crippen LogP contribution in [-0.2, 0) is 0 Å². The Balaban J connectivity index is 2.99. The summed E-state index contributed by atoms with van der Waals surface area (Å²) in [6.07, 6.45) is 0.949. The van der Waals surface area contributed by atoms with Crippen LogP contribution in [0.4, 0.5) is 11.4 Å². The van der Waals surface area contributed by atoms with Gasteiger partial charge in [0.1, 0.15) is 0 Å². The van der Waals surface area contributed by atoms with Gasteiger partial charge in [0.25, 0.3) is 11.4 Å². The number of aromatic nitrogens is 1. The molecule has 0 unspecified atom stereocenters. The minimum Gasteiger partial charge on any atom is -0.618 e. The molecule has 1 aromatic heterocycles. The van der Waals surface area contributed by atoms with Gasteiger partial charge in [-0.05, 0) is 6.07 Å². The van der Waals surface area contributed by atoms with Crippen LogP contribution in [0.1, 0.15) is 0 Å². The SMILES string of the molecule is O=[N+]([O-])c1cccc2c1c([N+](=O)[O-])cc[n+]2[O-]. The Morgan fingerprint density at radius 2 is 1.59 bits per heavy atom. The Hall–Kier alpha value is -2.77. The highest BCUT2D eigenvalue weighted by Gasteiger charge is 2.26. The molecule has 8 heteroatoms. The molecule has 0 atom stereocenters. The fraction of sp³-hybridized carbons (Fsp3) is 0. The summed E-state index contributed by atoms with van der Waals surface area (Å²) in [6, 6.07) is 4.67. The van der Waals surface area contributed by atoms with E-state index in [9.17, 15) is 25.4 Å². The molecule has 0 saturated heterocycles. The number of pyridine rings is 1. The normalized spacial score (nSPS) is 10.4. The highest BCUT2D eigenvalue weighted by molar-refractivity contribution is 5.93. The molecule has 0 amide bonds. The molecule has 0 radical (unpaired) electrons. The number of hydrogen-bond donors (Lipinski definition) is 0. The molecular weight excluding hydrogens is 230 g/mol. The molecule has 0 aliphatic heterocycles. The van der Waals surface area contributed by atoms with Crippen LogP contribution in [0.5, 0.6) is 0 Å². The van der Waals surface area contributed by atoms with Crippen molar-refractivity contribution in [2.45, 2.75) is 0 Å². The fourth-order valence-electron chi connectivity index (χ4n) is 1.58. The molecule has 1 aromatic carbocycles. The first-order valence-electron chi connectivity index (χ1n) is 4.46. The van der Waals surface area contributed by atoms with Gasteiger partial charge in [-0.25, -0.2) is 0 Å². The van der Waals surface area contributed by atoms with Crippen molar-refractivity contribution in [3.8, 4) is 0 Å². The van der Waals surface area contributed by atoms with Gasteiger partial charge in [-0.3, -0.25) is 20.2 Å². The highest BCUT2D eigenvalue weighted by Crippen LogP contribution is 2.31. The molecule has 0 N–H and O–H groups in total. The van der Waals surface area contributed by atoms with Crippen molar-refractivity contribution >= 4 is 22.3 Å². The predicted molar refractivity (Wildman–Crippen MR) is 56.2 cm³/mol. The van der Waals surface area contributed by atoms with Gasteiger partial charge in [0.05, 0.1) is 15.9 Å². The molecule has 0 saturated carbocycles. The van der Waals surface area contributed by atoms with E-state index >= 15 is 0 Å². The van der Waals surface area contributed by atoms with Crippen molar-refractivity contribution in [1.82, 2.24) is 0 Å². The Kier molecular flexibility index (Phi) is 2.32. The molecule has 0 aliphatic rings. The first-order valence-corrected chi connectivity index (χ1v) is 4.46. The van der Waals surface area contributed by atoms with E-state index in [-0.39, 0.29) is 10.9 Å². The average Bonchev–Trinajstić information content (AvgIpc) is 2.28. The van der Waals surface area contributed by atoms with Gasteiger partial charge >= 0.3 is 0 Å². The number of non-ortho nitro benzene ring substituents is 1. The molecule has 0 spiro atoms. The lowest BCUT2D eigenvalue weighted by atomic mass is 10.1. The van der Waals surface area contributed by atoms with Crippen LogP contribution in [0, 0.1) is 25.4 Å². The van der Waals surface area contributed by atoms with Crippen LogP contribution in [0.3, 0.4) is 0 Å². The molecule has 2 rings (SSSR count). The first-order chi connectivity index (χ1) is 8.02. The third-order valence-electron chi connectivity index (χ3n) is 2.28. The number of nitro benzene ring substituents is 1. The molecule has 2 aromatic rings. The minimum absolute atomic E-state index is 0.103. The summed E-state index contributed by atoms with van der Waals surface area (Å²) in [5.41, 5.74) is -1.02. The van der Waals surface area contributed by atoms with E-state index in [1.807, 2.05) is 0 Å². The van der Waals surface area contributed by atoms with Gasteiger partial charge in [-0.15, -0.1) is 0 Å². The van der Waals surface area contributed by atoms with E-state index < -0.39 is 21.2 Å². The van der Waals surface area contributed by atoms with Crippen LogP contribution >= 0.6 is 0 Å². The van der Waals surface area contributed by atoms with Crippen molar-refractivity contribution in [3.05, 3.63) is 55.9 Å². The van der Waals surface area contributed by atoms with Crippen LogP contribution in [0.2, 0.25) is 0 Å². The maximum atomic E-state index is 11.4. The van der Waals surface area contributed by atoms with Gasteiger partial charge in [0.2, 0.25) is 10.9 Å². The number of fused-ring (bicyclic) bond motifs is 1. The monoisotopic (exact) mass is 235 g/mol. The lowest BCUT2D eigenvalue weighted by Gasteiger charge is -2.02. The lowest BCUT2D eigenvalue weighted by Crippen LogP contribution is -2.26. The van der Waals surface area contributed by atoms with Gasteiger partial charge < -0.3 is 5.21 Å². The molecule has 86 valence electrons. The summed E-state index contributed by atoms with van der Waals surface area (Å²) in [6.45, 7) is 0. The molecule has 17 heavy (non-hydrogen) atoms. The molecule has 0 fully saturated rings. The Labute approximate surface area is 93.6 Å². The van der Waals surface area contributed by atoms with Crippen LogP contribution in [-0.4, -0.2) is 9.85 Å².